The number of rotatable bonds is 10. The quantitative estimate of drug-likeness (QED) is 0.345. The summed E-state index contributed by atoms with van der Waals surface area (Å²) in [4.78, 5) is 2.64. The Morgan fingerprint density at radius 3 is 2.46 bits per heavy atom. The third kappa shape index (κ3) is 6.83. The molecule has 0 bridgehead atoms. The largest absolute Gasteiger partial charge is 0.493 e. The molecule has 0 unspecified atom stereocenters. The van der Waals surface area contributed by atoms with Crippen molar-refractivity contribution in [3.8, 4) is 5.75 Å². The normalized spacial score (nSPS) is 15.9. The highest BCUT2D eigenvalue weighted by atomic mass is 16.5. The first-order chi connectivity index (χ1) is 13.8. The minimum absolute atomic E-state index is 0.794. The van der Waals surface area contributed by atoms with Gasteiger partial charge in [-0.25, -0.2) is 0 Å². The molecule has 2 aromatic rings. The highest BCUT2D eigenvalue weighted by Gasteiger charge is 2.17. The summed E-state index contributed by atoms with van der Waals surface area (Å²) in [5.74, 6) is 1.96. The summed E-state index contributed by atoms with van der Waals surface area (Å²) in [6, 6.07) is 18.7. The third-order valence-electron chi connectivity index (χ3n) is 5.70. The van der Waals surface area contributed by atoms with E-state index in [1.54, 1.807) is 0 Å². The van der Waals surface area contributed by atoms with Gasteiger partial charge in [-0.15, -0.1) is 0 Å². The maximum absolute atomic E-state index is 6.09. The molecule has 2 heteroatoms. The lowest BCUT2D eigenvalue weighted by Crippen LogP contribution is -2.34. The van der Waals surface area contributed by atoms with Crippen LogP contribution in [0.3, 0.4) is 0 Å². The summed E-state index contributed by atoms with van der Waals surface area (Å²) < 4.78 is 6.09. The Kier molecular flexibility index (Phi) is 8.64. The van der Waals surface area contributed by atoms with Crippen molar-refractivity contribution in [2.24, 2.45) is 5.92 Å². The fraction of sp³-hybridized carbons (Fsp3) is 0.462. The van der Waals surface area contributed by atoms with E-state index in [1.807, 2.05) is 6.07 Å². The van der Waals surface area contributed by atoms with E-state index in [-0.39, 0.29) is 0 Å². The predicted molar refractivity (Wildman–Crippen MR) is 121 cm³/mol. The lowest BCUT2D eigenvalue weighted by Gasteiger charge is -2.31. The van der Waals surface area contributed by atoms with E-state index >= 15 is 0 Å². The number of benzene rings is 2. The standard InChI is InChI=1S/C26H35NO/c1-2-10-23-17-20-27(21-18-23)19-8-9-22-28-26-14-7-6-13-25(26)16-15-24-11-4-3-5-12-24/h3-7,11-16,23H,2,8-10,17-22H2,1H3/b16-15+. The first-order valence-electron chi connectivity index (χ1n) is 11.0. The van der Waals surface area contributed by atoms with Gasteiger partial charge in [-0.2, -0.15) is 0 Å². The molecule has 1 aliphatic heterocycles. The average Bonchev–Trinajstić information content (AvgIpc) is 2.75. The molecule has 1 heterocycles. The minimum Gasteiger partial charge on any atom is -0.493 e. The predicted octanol–water partition coefficient (Wildman–Crippen LogP) is 6.53. The molecule has 1 aliphatic rings. The van der Waals surface area contributed by atoms with Crippen molar-refractivity contribution in [3.63, 3.8) is 0 Å². The van der Waals surface area contributed by atoms with Gasteiger partial charge in [0, 0.05) is 5.56 Å². The molecule has 0 amide bonds. The van der Waals surface area contributed by atoms with Crippen LogP contribution in [0.5, 0.6) is 5.75 Å². The van der Waals surface area contributed by atoms with E-state index in [2.05, 4.69) is 72.5 Å². The molecule has 2 aromatic carbocycles. The van der Waals surface area contributed by atoms with Crippen molar-refractivity contribution in [2.75, 3.05) is 26.2 Å². The van der Waals surface area contributed by atoms with Gasteiger partial charge < -0.3 is 9.64 Å². The van der Waals surface area contributed by atoms with Crippen molar-refractivity contribution in [2.45, 2.75) is 45.4 Å². The van der Waals surface area contributed by atoms with Crippen LogP contribution in [0.1, 0.15) is 56.6 Å². The monoisotopic (exact) mass is 377 g/mol. The lowest BCUT2D eigenvalue weighted by molar-refractivity contribution is 0.172. The Balaban J connectivity index is 1.38. The second-order valence-electron chi connectivity index (χ2n) is 7.91. The van der Waals surface area contributed by atoms with Gasteiger partial charge in [0.05, 0.1) is 6.61 Å². The van der Waals surface area contributed by atoms with Gasteiger partial charge in [-0.05, 0) is 62.9 Å². The van der Waals surface area contributed by atoms with Gasteiger partial charge in [-0.1, -0.05) is 80.4 Å². The van der Waals surface area contributed by atoms with Crippen LogP contribution in [-0.4, -0.2) is 31.1 Å². The van der Waals surface area contributed by atoms with E-state index in [0.29, 0.717) is 0 Å². The van der Waals surface area contributed by atoms with Crippen LogP contribution in [0.4, 0.5) is 0 Å². The second-order valence-corrected chi connectivity index (χ2v) is 7.91. The number of para-hydroxylation sites is 1. The van der Waals surface area contributed by atoms with Gasteiger partial charge in [0.1, 0.15) is 5.75 Å². The third-order valence-corrected chi connectivity index (χ3v) is 5.70. The summed E-state index contributed by atoms with van der Waals surface area (Å²) >= 11 is 0. The van der Waals surface area contributed by atoms with E-state index in [1.165, 1.54) is 57.3 Å². The smallest absolute Gasteiger partial charge is 0.126 e. The van der Waals surface area contributed by atoms with Gasteiger partial charge in [0.25, 0.3) is 0 Å². The van der Waals surface area contributed by atoms with E-state index in [4.69, 9.17) is 4.74 Å². The fourth-order valence-corrected chi connectivity index (χ4v) is 4.03. The van der Waals surface area contributed by atoms with Crippen LogP contribution in [-0.2, 0) is 0 Å². The minimum atomic E-state index is 0.794. The van der Waals surface area contributed by atoms with Crippen LogP contribution in [0.15, 0.2) is 54.6 Å². The maximum atomic E-state index is 6.09. The first-order valence-corrected chi connectivity index (χ1v) is 11.0. The van der Waals surface area contributed by atoms with Crippen LogP contribution < -0.4 is 4.74 Å². The lowest BCUT2D eigenvalue weighted by atomic mass is 9.92. The van der Waals surface area contributed by atoms with Gasteiger partial charge in [0.2, 0.25) is 0 Å². The first kappa shape index (κ1) is 20.7. The Morgan fingerprint density at radius 2 is 1.68 bits per heavy atom. The Bertz CT molecular complexity index is 701. The number of hydrogen-bond acceptors (Lipinski definition) is 2. The molecule has 0 aromatic heterocycles. The number of ether oxygens (including phenoxy) is 1. The molecule has 0 atom stereocenters. The van der Waals surface area contributed by atoms with Crippen molar-refractivity contribution in [1.82, 2.24) is 4.90 Å². The van der Waals surface area contributed by atoms with Crippen molar-refractivity contribution < 1.29 is 4.74 Å². The Hall–Kier alpha value is -2.06. The molecule has 28 heavy (non-hydrogen) atoms. The average molecular weight is 378 g/mol. The van der Waals surface area contributed by atoms with Crippen molar-refractivity contribution in [1.29, 1.82) is 0 Å². The molecule has 1 fully saturated rings. The zero-order valence-corrected chi connectivity index (χ0v) is 17.4. The summed E-state index contributed by atoms with van der Waals surface area (Å²) in [7, 11) is 0. The van der Waals surface area contributed by atoms with Crippen molar-refractivity contribution >= 4 is 12.2 Å². The summed E-state index contributed by atoms with van der Waals surface area (Å²) in [6.07, 6.45) is 12.2. The SMILES string of the molecule is CCCC1CCN(CCCCOc2ccccc2/C=C/c2ccccc2)CC1. The molecular formula is C26H35NO. The molecule has 0 aliphatic carbocycles. The van der Waals surface area contributed by atoms with E-state index in [0.717, 1.165) is 30.3 Å². The second kappa shape index (κ2) is 11.7. The molecule has 2 nitrogen and oxygen atoms in total. The Labute approximate surface area is 171 Å². The zero-order chi connectivity index (χ0) is 19.4. The van der Waals surface area contributed by atoms with Gasteiger partial charge in [0.15, 0.2) is 0 Å². The molecule has 0 radical (unpaired) electrons. The molecule has 0 saturated carbocycles. The number of piperidine rings is 1. The molecular weight excluding hydrogens is 342 g/mol. The molecule has 3 rings (SSSR count). The van der Waals surface area contributed by atoms with Crippen LogP contribution >= 0.6 is 0 Å². The highest BCUT2D eigenvalue weighted by molar-refractivity contribution is 5.72. The topological polar surface area (TPSA) is 12.5 Å². The zero-order valence-electron chi connectivity index (χ0n) is 17.4. The van der Waals surface area contributed by atoms with Gasteiger partial charge >= 0.3 is 0 Å². The fourth-order valence-electron chi connectivity index (χ4n) is 4.03. The summed E-state index contributed by atoms with van der Waals surface area (Å²) in [5.41, 5.74) is 2.35. The van der Waals surface area contributed by atoms with Crippen LogP contribution in [0.25, 0.3) is 12.2 Å². The highest BCUT2D eigenvalue weighted by Crippen LogP contribution is 2.23. The van der Waals surface area contributed by atoms with Crippen molar-refractivity contribution in [3.05, 3.63) is 65.7 Å². The number of likely N-dealkylation sites (tertiary alicyclic amines) is 1. The molecule has 150 valence electrons. The number of unbranched alkanes of at least 4 members (excludes halogenated alkanes) is 1. The van der Waals surface area contributed by atoms with Gasteiger partial charge in [-0.3, -0.25) is 0 Å². The van der Waals surface area contributed by atoms with Crippen LogP contribution in [0, 0.1) is 5.92 Å². The maximum Gasteiger partial charge on any atom is 0.126 e. The Morgan fingerprint density at radius 1 is 0.929 bits per heavy atom. The number of hydrogen-bond donors (Lipinski definition) is 0. The molecule has 1 saturated heterocycles. The summed E-state index contributed by atoms with van der Waals surface area (Å²) in [6.45, 7) is 6.90. The van der Waals surface area contributed by atoms with Crippen LogP contribution in [0.2, 0.25) is 0 Å². The number of nitrogens with zero attached hydrogens (tertiary/aromatic N) is 1. The summed E-state index contributed by atoms with van der Waals surface area (Å²) in [5, 5.41) is 0. The molecule has 0 N–H and O–H groups in total. The van der Waals surface area contributed by atoms with E-state index in [9.17, 15) is 0 Å². The van der Waals surface area contributed by atoms with E-state index < -0.39 is 0 Å². The molecule has 0 spiro atoms.